The molecular weight excluding hydrogens is 304 g/mol. The van der Waals surface area contributed by atoms with Crippen molar-refractivity contribution in [2.24, 2.45) is 0 Å². The number of benzene rings is 2. The highest BCUT2D eigenvalue weighted by Crippen LogP contribution is 2.25. The number of fused-ring (bicyclic) bond motifs is 1. The summed E-state index contributed by atoms with van der Waals surface area (Å²) < 4.78 is 6.10. The molecule has 0 fully saturated rings. The van der Waals surface area contributed by atoms with Gasteiger partial charge in [-0.25, -0.2) is 4.98 Å². The van der Waals surface area contributed by atoms with Crippen LogP contribution < -0.4 is 10.1 Å². The van der Waals surface area contributed by atoms with Crippen molar-refractivity contribution >= 4 is 39.4 Å². The van der Waals surface area contributed by atoms with E-state index in [0.717, 1.165) is 22.9 Å². The molecule has 21 heavy (non-hydrogen) atoms. The minimum absolute atomic E-state index is 0.578. The van der Waals surface area contributed by atoms with Crippen LogP contribution in [0.3, 0.4) is 0 Å². The van der Waals surface area contributed by atoms with Crippen LogP contribution in [0.2, 0.25) is 4.47 Å². The molecule has 108 valence electrons. The molecule has 0 saturated carbocycles. The molecule has 0 aliphatic heterocycles. The fourth-order valence-corrected chi connectivity index (χ4v) is 3.06. The van der Waals surface area contributed by atoms with E-state index in [1.54, 1.807) is 6.20 Å². The summed E-state index contributed by atoms with van der Waals surface area (Å²) >= 11 is 7.32. The molecule has 0 saturated heterocycles. The SMILES string of the molecule is CCOc1ccc2cc(NCc3cnc(Cl)s3)ccc2c1. The predicted molar refractivity (Wildman–Crippen MR) is 89.6 cm³/mol. The van der Waals surface area contributed by atoms with Crippen LogP contribution in [0.25, 0.3) is 10.8 Å². The summed E-state index contributed by atoms with van der Waals surface area (Å²) in [5, 5.41) is 5.75. The lowest BCUT2D eigenvalue weighted by molar-refractivity contribution is 0.341. The van der Waals surface area contributed by atoms with E-state index in [4.69, 9.17) is 16.3 Å². The van der Waals surface area contributed by atoms with Gasteiger partial charge in [-0.3, -0.25) is 0 Å². The van der Waals surface area contributed by atoms with Crippen molar-refractivity contribution in [3.63, 3.8) is 0 Å². The van der Waals surface area contributed by atoms with Gasteiger partial charge < -0.3 is 10.1 Å². The highest BCUT2D eigenvalue weighted by atomic mass is 35.5. The van der Waals surface area contributed by atoms with Crippen LogP contribution >= 0.6 is 22.9 Å². The molecule has 0 unspecified atom stereocenters. The smallest absolute Gasteiger partial charge is 0.183 e. The first-order valence-electron chi connectivity index (χ1n) is 6.75. The fourth-order valence-electron chi connectivity index (χ4n) is 2.14. The molecule has 0 bridgehead atoms. The lowest BCUT2D eigenvalue weighted by Crippen LogP contribution is -1.97. The summed E-state index contributed by atoms with van der Waals surface area (Å²) in [4.78, 5) is 5.15. The Kier molecular flexibility index (Phi) is 4.27. The Morgan fingerprint density at radius 1 is 1.19 bits per heavy atom. The van der Waals surface area contributed by atoms with Crippen LogP contribution in [-0.2, 0) is 6.54 Å². The van der Waals surface area contributed by atoms with Gasteiger partial charge in [0.2, 0.25) is 0 Å². The number of nitrogens with zero attached hydrogens (tertiary/aromatic N) is 1. The lowest BCUT2D eigenvalue weighted by atomic mass is 10.1. The molecule has 3 aromatic rings. The highest BCUT2D eigenvalue weighted by Gasteiger charge is 2.01. The second kappa shape index (κ2) is 6.33. The van der Waals surface area contributed by atoms with Gasteiger partial charge in [0.05, 0.1) is 13.2 Å². The Hall–Kier alpha value is -1.78. The van der Waals surface area contributed by atoms with Gasteiger partial charge in [0.25, 0.3) is 0 Å². The monoisotopic (exact) mass is 318 g/mol. The molecule has 0 radical (unpaired) electrons. The van der Waals surface area contributed by atoms with Gasteiger partial charge in [-0.2, -0.15) is 0 Å². The van der Waals surface area contributed by atoms with Crippen molar-refractivity contribution in [3.05, 3.63) is 51.9 Å². The normalized spacial score (nSPS) is 10.8. The Morgan fingerprint density at radius 2 is 2.00 bits per heavy atom. The first-order valence-corrected chi connectivity index (χ1v) is 7.95. The molecule has 3 rings (SSSR count). The second-order valence-electron chi connectivity index (χ2n) is 4.59. The minimum atomic E-state index is 0.578. The van der Waals surface area contributed by atoms with Gasteiger partial charge in [-0.15, -0.1) is 11.3 Å². The van der Waals surface area contributed by atoms with Gasteiger partial charge in [0, 0.05) is 16.8 Å². The highest BCUT2D eigenvalue weighted by molar-refractivity contribution is 7.15. The van der Waals surface area contributed by atoms with E-state index in [9.17, 15) is 0 Å². The maximum absolute atomic E-state index is 5.83. The quantitative estimate of drug-likeness (QED) is 0.722. The number of anilines is 1. The topological polar surface area (TPSA) is 34.1 Å². The Balaban J connectivity index is 1.76. The van der Waals surface area contributed by atoms with Crippen LogP contribution in [0.5, 0.6) is 5.75 Å². The van der Waals surface area contributed by atoms with Gasteiger partial charge in [-0.05, 0) is 42.0 Å². The molecule has 0 aliphatic rings. The van der Waals surface area contributed by atoms with E-state index < -0.39 is 0 Å². The zero-order valence-electron chi connectivity index (χ0n) is 11.6. The second-order valence-corrected chi connectivity index (χ2v) is 6.29. The van der Waals surface area contributed by atoms with Gasteiger partial charge in [0.1, 0.15) is 5.75 Å². The molecule has 1 heterocycles. The lowest BCUT2D eigenvalue weighted by Gasteiger charge is -2.08. The van der Waals surface area contributed by atoms with Crippen LogP contribution in [0, 0.1) is 0 Å². The summed E-state index contributed by atoms with van der Waals surface area (Å²) in [6.45, 7) is 3.40. The zero-order chi connectivity index (χ0) is 14.7. The van der Waals surface area contributed by atoms with E-state index in [-0.39, 0.29) is 0 Å². The van der Waals surface area contributed by atoms with Crippen LogP contribution in [0.1, 0.15) is 11.8 Å². The molecular formula is C16H15ClN2OS. The van der Waals surface area contributed by atoms with Crippen LogP contribution in [-0.4, -0.2) is 11.6 Å². The number of hydrogen-bond donors (Lipinski definition) is 1. The van der Waals surface area contributed by atoms with E-state index in [0.29, 0.717) is 11.1 Å². The molecule has 5 heteroatoms. The summed E-state index contributed by atoms with van der Waals surface area (Å²) in [5.41, 5.74) is 1.08. The maximum atomic E-state index is 5.83. The van der Waals surface area contributed by atoms with Crippen LogP contribution in [0.15, 0.2) is 42.6 Å². The summed E-state index contributed by atoms with van der Waals surface area (Å²) in [6, 6.07) is 12.4. The number of aromatic nitrogens is 1. The number of rotatable bonds is 5. The summed E-state index contributed by atoms with van der Waals surface area (Å²) in [5.74, 6) is 0.907. The number of thiazole rings is 1. The van der Waals surface area contributed by atoms with Gasteiger partial charge in [0.15, 0.2) is 4.47 Å². The number of ether oxygens (including phenoxy) is 1. The largest absolute Gasteiger partial charge is 0.494 e. The third-order valence-electron chi connectivity index (χ3n) is 3.11. The number of hydrogen-bond acceptors (Lipinski definition) is 4. The Bertz CT molecular complexity index is 757. The summed E-state index contributed by atoms with van der Waals surface area (Å²) in [7, 11) is 0. The van der Waals surface area contributed by atoms with Crippen molar-refractivity contribution < 1.29 is 4.74 Å². The molecule has 1 aromatic heterocycles. The zero-order valence-corrected chi connectivity index (χ0v) is 13.2. The first kappa shape index (κ1) is 14.2. The van der Waals surface area contributed by atoms with Crippen molar-refractivity contribution in [3.8, 4) is 5.75 Å². The first-order chi connectivity index (χ1) is 10.2. The van der Waals surface area contributed by atoms with Crippen molar-refractivity contribution in [2.75, 3.05) is 11.9 Å². The molecule has 0 atom stereocenters. The third-order valence-corrected chi connectivity index (χ3v) is 4.23. The molecule has 0 aliphatic carbocycles. The van der Waals surface area contributed by atoms with E-state index in [2.05, 4.69) is 40.6 Å². The number of halogens is 1. The Labute approximate surface area is 132 Å². The van der Waals surface area contributed by atoms with E-state index >= 15 is 0 Å². The minimum Gasteiger partial charge on any atom is -0.494 e. The van der Waals surface area contributed by atoms with Crippen LogP contribution in [0.4, 0.5) is 5.69 Å². The molecule has 0 spiro atoms. The average Bonchev–Trinajstić information content (AvgIpc) is 2.91. The molecule has 1 N–H and O–H groups in total. The molecule has 3 nitrogen and oxygen atoms in total. The standard InChI is InChI=1S/C16H15ClN2OS/c1-2-20-14-6-4-11-7-13(5-3-12(11)8-14)18-9-15-10-19-16(17)21-15/h3-8,10,18H,2,9H2,1H3. The van der Waals surface area contributed by atoms with Crippen molar-refractivity contribution in [1.82, 2.24) is 4.98 Å². The molecule has 0 amide bonds. The average molecular weight is 319 g/mol. The maximum Gasteiger partial charge on any atom is 0.183 e. The van der Waals surface area contributed by atoms with Crippen molar-refractivity contribution in [1.29, 1.82) is 0 Å². The van der Waals surface area contributed by atoms with Crippen molar-refractivity contribution in [2.45, 2.75) is 13.5 Å². The molecule has 2 aromatic carbocycles. The number of nitrogens with one attached hydrogen (secondary N) is 1. The fraction of sp³-hybridized carbons (Fsp3) is 0.188. The van der Waals surface area contributed by atoms with E-state index in [1.807, 2.05) is 13.0 Å². The summed E-state index contributed by atoms with van der Waals surface area (Å²) in [6.07, 6.45) is 1.80. The van der Waals surface area contributed by atoms with Gasteiger partial charge >= 0.3 is 0 Å². The Morgan fingerprint density at radius 3 is 2.76 bits per heavy atom. The van der Waals surface area contributed by atoms with E-state index in [1.165, 1.54) is 22.1 Å². The van der Waals surface area contributed by atoms with Gasteiger partial charge in [-0.1, -0.05) is 23.7 Å². The predicted octanol–water partition coefficient (Wildman–Crippen LogP) is 4.96. The third kappa shape index (κ3) is 3.46.